The minimum absolute atomic E-state index is 0.581. The van der Waals surface area contributed by atoms with Gasteiger partial charge in [0.1, 0.15) is 11.0 Å². The second kappa shape index (κ2) is 7.36. The van der Waals surface area contributed by atoms with E-state index in [-0.39, 0.29) is 0 Å². The monoisotopic (exact) mass is 421 g/mol. The van der Waals surface area contributed by atoms with Gasteiger partial charge in [-0.2, -0.15) is 0 Å². The molecule has 0 bridgehead atoms. The second-order valence-electron chi connectivity index (χ2n) is 5.28. The van der Waals surface area contributed by atoms with Gasteiger partial charge in [-0.05, 0) is 31.2 Å². The molecule has 4 rings (SSSR count). The number of benzene rings is 2. The Kier molecular flexibility index (Phi) is 4.95. The molecule has 0 aliphatic heterocycles. The summed E-state index contributed by atoms with van der Waals surface area (Å²) in [5, 5.41) is 9.15. The van der Waals surface area contributed by atoms with Crippen LogP contribution >= 0.6 is 45.9 Å². The number of aromatic nitrogens is 2. The molecule has 0 atom stereocenters. The summed E-state index contributed by atoms with van der Waals surface area (Å²) in [6, 6.07) is 11.5. The van der Waals surface area contributed by atoms with Gasteiger partial charge in [0.15, 0.2) is 10.3 Å². The van der Waals surface area contributed by atoms with Gasteiger partial charge in [0.25, 0.3) is 0 Å². The van der Waals surface area contributed by atoms with Crippen molar-refractivity contribution in [3.05, 3.63) is 46.4 Å². The number of nitrogens with one attached hydrogen (secondary N) is 2. The third-order valence-electron chi connectivity index (χ3n) is 3.51. The van der Waals surface area contributed by atoms with E-state index in [0.717, 1.165) is 20.4 Å². The topological polar surface area (TPSA) is 62.2 Å². The Balaban J connectivity index is 1.61. The first-order chi connectivity index (χ1) is 12.6. The average molecular weight is 422 g/mol. The van der Waals surface area contributed by atoms with Crippen LogP contribution in [-0.4, -0.2) is 22.5 Å². The predicted octanol–water partition coefficient (Wildman–Crippen LogP) is 6.11. The van der Waals surface area contributed by atoms with E-state index in [0.29, 0.717) is 32.8 Å². The van der Waals surface area contributed by atoms with E-state index in [4.69, 9.17) is 23.2 Å². The molecule has 2 aromatic heterocycles. The summed E-state index contributed by atoms with van der Waals surface area (Å²) in [6.07, 6.45) is 0. The smallest absolute Gasteiger partial charge is 0.203 e. The van der Waals surface area contributed by atoms with Crippen LogP contribution in [0.3, 0.4) is 0 Å². The lowest BCUT2D eigenvalue weighted by Crippen LogP contribution is -2.22. The lowest BCUT2D eigenvalue weighted by Gasteiger charge is -2.07. The van der Waals surface area contributed by atoms with Crippen LogP contribution in [0.1, 0.15) is 6.92 Å². The third-order valence-corrected chi connectivity index (χ3v) is 5.99. The maximum atomic E-state index is 6.21. The van der Waals surface area contributed by atoms with Crippen LogP contribution in [0.4, 0.5) is 10.3 Å². The number of nitrogens with zero attached hydrogens (tertiary/aromatic N) is 3. The van der Waals surface area contributed by atoms with Crippen molar-refractivity contribution in [1.29, 1.82) is 0 Å². The first-order valence-electron chi connectivity index (χ1n) is 7.82. The van der Waals surface area contributed by atoms with Crippen molar-refractivity contribution in [1.82, 2.24) is 9.97 Å². The molecule has 0 aliphatic rings. The molecular weight excluding hydrogens is 409 g/mol. The summed E-state index contributed by atoms with van der Waals surface area (Å²) in [5.41, 5.74) is 1.56. The van der Waals surface area contributed by atoms with E-state index in [1.54, 1.807) is 0 Å². The van der Waals surface area contributed by atoms with E-state index in [1.165, 1.54) is 22.7 Å². The van der Waals surface area contributed by atoms with Gasteiger partial charge in [0, 0.05) is 6.54 Å². The number of anilines is 2. The number of guanidine groups is 1. The van der Waals surface area contributed by atoms with Gasteiger partial charge in [0.05, 0.1) is 19.4 Å². The maximum absolute atomic E-state index is 6.21. The summed E-state index contributed by atoms with van der Waals surface area (Å²) >= 11 is 15.5. The molecule has 0 fully saturated rings. The highest BCUT2D eigenvalue weighted by molar-refractivity contribution is 7.23. The van der Waals surface area contributed by atoms with Crippen LogP contribution in [0.25, 0.3) is 20.4 Å². The first kappa shape index (κ1) is 17.5. The number of hydrogen-bond acceptors (Lipinski definition) is 5. The zero-order chi connectivity index (χ0) is 18.1. The minimum Gasteiger partial charge on any atom is -0.302 e. The fraction of sp³-hybridized carbons (Fsp3) is 0.118. The Morgan fingerprint density at radius 1 is 0.923 bits per heavy atom. The summed E-state index contributed by atoms with van der Waals surface area (Å²) in [4.78, 5) is 13.6. The maximum Gasteiger partial charge on any atom is 0.203 e. The normalized spacial score (nSPS) is 11.0. The quantitative estimate of drug-likeness (QED) is 0.309. The molecule has 2 N–H and O–H groups in total. The summed E-state index contributed by atoms with van der Waals surface area (Å²) in [7, 11) is 0. The Bertz CT molecular complexity index is 1030. The van der Waals surface area contributed by atoms with Crippen LogP contribution in [-0.2, 0) is 0 Å². The molecule has 4 aromatic rings. The van der Waals surface area contributed by atoms with Crippen molar-refractivity contribution in [2.24, 2.45) is 4.99 Å². The molecule has 132 valence electrons. The number of aliphatic imine (C=N–C) groups is 1. The molecule has 0 amide bonds. The van der Waals surface area contributed by atoms with Gasteiger partial charge in [-0.25, -0.2) is 9.97 Å². The van der Waals surface area contributed by atoms with Crippen molar-refractivity contribution < 1.29 is 0 Å². The molecule has 0 saturated heterocycles. The lowest BCUT2D eigenvalue weighted by molar-refractivity contribution is 1.12. The molecule has 5 nitrogen and oxygen atoms in total. The van der Waals surface area contributed by atoms with Gasteiger partial charge in [-0.3, -0.25) is 4.99 Å². The zero-order valence-electron chi connectivity index (χ0n) is 13.6. The lowest BCUT2D eigenvalue weighted by atomic mass is 10.3. The van der Waals surface area contributed by atoms with Gasteiger partial charge < -0.3 is 10.6 Å². The second-order valence-corrected chi connectivity index (χ2v) is 8.16. The number of hydrogen-bond donors (Lipinski definition) is 2. The minimum atomic E-state index is 0.581. The summed E-state index contributed by atoms with van der Waals surface area (Å²) in [6.45, 7) is 2.58. The molecule has 0 saturated carbocycles. The van der Waals surface area contributed by atoms with Crippen LogP contribution in [0.5, 0.6) is 0 Å². The average Bonchev–Trinajstić information content (AvgIpc) is 3.20. The van der Waals surface area contributed by atoms with Crippen molar-refractivity contribution >= 4 is 82.5 Å². The molecule has 9 heteroatoms. The molecule has 0 radical (unpaired) electrons. The summed E-state index contributed by atoms with van der Waals surface area (Å²) < 4.78 is 2.03. The van der Waals surface area contributed by atoms with E-state index < -0.39 is 0 Å². The molecule has 2 aromatic carbocycles. The summed E-state index contributed by atoms with van der Waals surface area (Å²) in [5.74, 6) is 0.581. The fourth-order valence-electron chi connectivity index (χ4n) is 2.41. The van der Waals surface area contributed by atoms with Gasteiger partial charge in [-0.15, -0.1) is 0 Å². The van der Waals surface area contributed by atoms with Crippen molar-refractivity contribution in [2.45, 2.75) is 6.92 Å². The highest BCUT2D eigenvalue weighted by atomic mass is 35.5. The Hall–Kier alpha value is -1.93. The third kappa shape index (κ3) is 3.48. The molecule has 0 unspecified atom stereocenters. The SMILES string of the molecule is CCN=C(Nc1nc2c(Cl)cccc2s1)Nc1nc2c(Cl)cccc2s1. The Morgan fingerprint density at radius 3 is 1.85 bits per heavy atom. The van der Waals surface area contributed by atoms with Crippen molar-refractivity contribution in [2.75, 3.05) is 17.2 Å². The van der Waals surface area contributed by atoms with Crippen LogP contribution in [0.2, 0.25) is 10.0 Å². The number of thiazole rings is 2. The van der Waals surface area contributed by atoms with Crippen LogP contribution in [0, 0.1) is 0 Å². The number of rotatable bonds is 3. The molecule has 0 spiro atoms. The highest BCUT2D eigenvalue weighted by Gasteiger charge is 2.12. The number of fused-ring (bicyclic) bond motifs is 2. The highest BCUT2D eigenvalue weighted by Crippen LogP contribution is 2.32. The fourth-order valence-corrected chi connectivity index (χ4v) is 4.74. The van der Waals surface area contributed by atoms with Crippen LogP contribution in [0.15, 0.2) is 41.4 Å². The molecule has 0 aliphatic carbocycles. The largest absolute Gasteiger partial charge is 0.302 e. The first-order valence-corrected chi connectivity index (χ1v) is 10.2. The van der Waals surface area contributed by atoms with E-state index in [9.17, 15) is 0 Å². The van der Waals surface area contributed by atoms with E-state index in [1.807, 2.05) is 43.3 Å². The molecule has 2 heterocycles. The molecule has 26 heavy (non-hydrogen) atoms. The van der Waals surface area contributed by atoms with E-state index in [2.05, 4.69) is 25.6 Å². The van der Waals surface area contributed by atoms with E-state index >= 15 is 0 Å². The zero-order valence-corrected chi connectivity index (χ0v) is 16.7. The number of para-hydroxylation sites is 2. The predicted molar refractivity (Wildman–Crippen MR) is 114 cm³/mol. The van der Waals surface area contributed by atoms with Crippen LogP contribution < -0.4 is 10.6 Å². The van der Waals surface area contributed by atoms with Crippen molar-refractivity contribution in [3.63, 3.8) is 0 Å². The van der Waals surface area contributed by atoms with Gasteiger partial charge in [-0.1, -0.05) is 58.0 Å². The van der Waals surface area contributed by atoms with Gasteiger partial charge >= 0.3 is 0 Å². The standard InChI is InChI=1S/C17H13Cl2N5S2/c1-2-20-15(23-16-21-13-9(18)5-3-7-11(13)25-16)24-17-22-14-10(19)6-4-8-12(14)26-17/h3-8H,2H2,1H3,(H2,20,21,22,23,24). The number of halogens is 2. The van der Waals surface area contributed by atoms with Gasteiger partial charge in [0.2, 0.25) is 5.96 Å². The van der Waals surface area contributed by atoms with Crippen molar-refractivity contribution in [3.8, 4) is 0 Å². The Morgan fingerprint density at radius 2 is 1.42 bits per heavy atom. The molecular formula is C17H13Cl2N5S2. The Labute approximate surface area is 167 Å².